The third-order valence-electron chi connectivity index (χ3n) is 7.06. The van der Waals surface area contributed by atoms with Crippen molar-refractivity contribution in [3.63, 3.8) is 0 Å². The number of allylic oxidation sites excluding steroid dienone is 2. The first kappa shape index (κ1) is 21.6. The smallest absolute Gasteiger partial charge is 0.343 e. The lowest BCUT2D eigenvalue weighted by Crippen LogP contribution is -2.30. The van der Waals surface area contributed by atoms with Gasteiger partial charge in [-0.2, -0.15) is 0 Å². The Morgan fingerprint density at radius 1 is 0.968 bits per heavy atom. The number of benzene rings is 2. The van der Waals surface area contributed by atoms with Gasteiger partial charge in [0.1, 0.15) is 17.3 Å². The molecule has 31 heavy (non-hydrogen) atoms. The first-order chi connectivity index (χ1) is 15.1. The van der Waals surface area contributed by atoms with Crippen molar-refractivity contribution >= 4 is 5.97 Å². The molecule has 0 amide bonds. The van der Waals surface area contributed by atoms with Crippen LogP contribution < -0.4 is 9.47 Å². The molecule has 0 saturated heterocycles. The molecule has 2 fully saturated rings. The van der Waals surface area contributed by atoms with Gasteiger partial charge in [-0.15, -0.1) is 0 Å². The molecule has 4 atom stereocenters. The van der Waals surface area contributed by atoms with Gasteiger partial charge < -0.3 is 9.47 Å². The van der Waals surface area contributed by atoms with Gasteiger partial charge in [0, 0.05) is 0 Å². The van der Waals surface area contributed by atoms with Crippen molar-refractivity contribution in [3.05, 3.63) is 71.6 Å². The Hall–Kier alpha value is -2.62. The van der Waals surface area contributed by atoms with Crippen LogP contribution >= 0.6 is 0 Å². The fraction of sp³-hybridized carbons (Fsp3) is 0.444. The molecular weight excluding hydrogens is 391 g/mol. The Kier molecular flexibility index (Phi) is 6.74. The van der Waals surface area contributed by atoms with Gasteiger partial charge in [0.15, 0.2) is 0 Å². The molecule has 0 spiro atoms. The van der Waals surface area contributed by atoms with Gasteiger partial charge in [0.2, 0.25) is 0 Å². The van der Waals surface area contributed by atoms with E-state index in [4.69, 9.17) is 9.47 Å². The second-order valence-electron chi connectivity index (χ2n) is 8.93. The molecule has 2 aliphatic rings. The Balaban J connectivity index is 1.40. The second-order valence-corrected chi connectivity index (χ2v) is 8.93. The fourth-order valence-corrected chi connectivity index (χ4v) is 5.45. The van der Waals surface area contributed by atoms with E-state index in [9.17, 15) is 9.18 Å². The second kappa shape index (κ2) is 9.67. The number of hydrogen-bond donors (Lipinski definition) is 0. The average Bonchev–Trinajstić information content (AvgIpc) is 2.79. The van der Waals surface area contributed by atoms with E-state index >= 15 is 0 Å². The lowest BCUT2D eigenvalue weighted by Gasteiger charge is -2.41. The van der Waals surface area contributed by atoms with Gasteiger partial charge in [-0.1, -0.05) is 18.2 Å². The third-order valence-corrected chi connectivity index (χ3v) is 7.06. The van der Waals surface area contributed by atoms with Crippen LogP contribution in [0.2, 0.25) is 0 Å². The summed E-state index contributed by atoms with van der Waals surface area (Å²) in [4.78, 5) is 12.5. The summed E-state index contributed by atoms with van der Waals surface area (Å²) in [5.74, 6) is 2.66. The number of methoxy groups -OCH3 is 1. The maximum atomic E-state index is 15.0. The van der Waals surface area contributed by atoms with Crippen LogP contribution in [0.3, 0.4) is 0 Å². The molecule has 2 aliphatic carbocycles. The molecule has 164 valence electrons. The highest BCUT2D eigenvalue weighted by molar-refractivity contribution is 5.91. The van der Waals surface area contributed by atoms with Crippen molar-refractivity contribution < 1.29 is 18.7 Å². The van der Waals surface area contributed by atoms with Crippen molar-refractivity contribution in [2.24, 2.45) is 17.8 Å². The topological polar surface area (TPSA) is 35.5 Å². The van der Waals surface area contributed by atoms with Crippen molar-refractivity contribution in [1.29, 1.82) is 0 Å². The van der Waals surface area contributed by atoms with E-state index in [1.165, 1.54) is 31.7 Å². The summed E-state index contributed by atoms with van der Waals surface area (Å²) in [7, 11) is 1.58. The van der Waals surface area contributed by atoms with E-state index in [1.807, 2.05) is 0 Å². The van der Waals surface area contributed by atoms with Crippen molar-refractivity contribution in [2.45, 2.75) is 51.4 Å². The highest BCUT2D eigenvalue weighted by Gasteiger charge is 2.36. The molecule has 4 rings (SSSR count). The average molecular weight is 423 g/mol. The number of carbonyl (C=O) groups excluding carboxylic acids is 1. The first-order valence-electron chi connectivity index (χ1n) is 11.4. The van der Waals surface area contributed by atoms with Crippen LogP contribution in [-0.4, -0.2) is 13.1 Å². The van der Waals surface area contributed by atoms with E-state index in [-0.39, 0.29) is 17.3 Å². The predicted molar refractivity (Wildman–Crippen MR) is 120 cm³/mol. The van der Waals surface area contributed by atoms with Crippen LogP contribution in [0.25, 0.3) is 0 Å². The monoisotopic (exact) mass is 422 g/mol. The van der Waals surface area contributed by atoms with Gasteiger partial charge in [-0.3, -0.25) is 0 Å². The molecule has 0 radical (unpaired) electrons. The molecule has 0 aromatic heterocycles. The molecule has 4 unspecified atom stereocenters. The number of ether oxygens (including phenoxy) is 2. The molecule has 2 saturated carbocycles. The minimum atomic E-state index is -0.554. The van der Waals surface area contributed by atoms with E-state index < -0.39 is 5.97 Å². The van der Waals surface area contributed by atoms with Crippen LogP contribution in [0.15, 0.2) is 54.6 Å². The molecule has 0 bridgehead atoms. The van der Waals surface area contributed by atoms with Crippen molar-refractivity contribution in [1.82, 2.24) is 0 Å². The van der Waals surface area contributed by atoms with Crippen LogP contribution in [0.1, 0.15) is 67.3 Å². The number of esters is 1. The SMILES string of the molecule is C/C=C/C1CCC2CC(c3ccc(C(=O)Oc4ccc(OC)cc4)cc3F)CCC2C1. The molecule has 2 aromatic carbocycles. The van der Waals surface area contributed by atoms with Crippen LogP contribution in [0, 0.1) is 23.6 Å². The van der Waals surface area contributed by atoms with E-state index in [1.54, 1.807) is 43.5 Å². The minimum Gasteiger partial charge on any atom is -0.497 e. The maximum Gasteiger partial charge on any atom is 0.343 e. The third kappa shape index (κ3) is 5.00. The van der Waals surface area contributed by atoms with E-state index in [2.05, 4.69) is 19.1 Å². The molecule has 2 aromatic rings. The lowest BCUT2D eigenvalue weighted by atomic mass is 9.64. The Labute approximate surface area is 184 Å². The molecular formula is C27H31FO3. The number of hydrogen-bond acceptors (Lipinski definition) is 3. The Bertz CT molecular complexity index is 934. The van der Waals surface area contributed by atoms with E-state index in [0.717, 1.165) is 30.2 Å². The van der Waals surface area contributed by atoms with Crippen LogP contribution in [0.4, 0.5) is 4.39 Å². The summed E-state index contributed by atoms with van der Waals surface area (Å²) >= 11 is 0. The van der Waals surface area contributed by atoms with Gasteiger partial charge in [-0.05, 0) is 111 Å². The highest BCUT2D eigenvalue weighted by atomic mass is 19.1. The molecule has 0 N–H and O–H groups in total. The number of carbonyl (C=O) groups is 1. The zero-order valence-electron chi connectivity index (χ0n) is 18.4. The molecule has 0 heterocycles. The predicted octanol–water partition coefficient (Wildman–Crippen LogP) is 6.93. The minimum absolute atomic E-state index is 0.234. The zero-order chi connectivity index (χ0) is 21.8. The normalized spacial score (nSPS) is 25.8. The quantitative estimate of drug-likeness (QED) is 0.298. The Morgan fingerprint density at radius 2 is 1.68 bits per heavy atom. The number of fused-ring (bicyclic) bond motifs is 1. The van der Waals surface area contributed by atoms with Gasteiger partial charge in [0.25, 0.3) is 0 Å². The summed E-state index contributed by atoms with van der Waals surface area (Å²) in [5.41, 5.74) is 0.979. The molecule has 4 heteroatoms. The van der Waals surface area contributed by atoms with Gasteiger partial charge >= 0.3 is 5.97 Å². The van der Waals surface area contributed by atoms with Crippen molar-refractivity contribution in [2.75, 3.05) is 7.11 Å². The van der Waals surface area contributed by atoms with Crippen LogP contribution in [0.5, 0.6) is 11.5 Å². The molecule has 0 aliphatic heterocycles. The van der Waals surface area contributed by atoms with E-state index in [0.29, 0.717) is 17.4 Å². The lowest BCUT2D eigenvalue weighted by molar-refractivity contribution is 0.0734. The summed E-state index contributed by atoms with van der Waals surface area (Å²) in [6.07, 6.45) is 11.5. The van der Waals surface area contributed by atoms with Gasteiger partial charge in [-0.25, -0.2) is 9.18 Å². The summed E-state index contributed by atoms with van der Waals surface area (Å²) < 4.78 is 25.5. The summed E-state index contributed by atoms with van der Waals surface area (Å²) in [6, 6.07) is 11.6. The standard InChI is InChI=1S/C27H31FO3/c1-3-4-18-5-6-20-16-21(8-7-19(20)15-18)25-14-9-22(17-26(25)28)27(29)31-24-12-10-23(30-2)11-13-24/h3-4,9-14,17-21H,5-8,15-16H2,1-2H3/b4-3+. The van der Waals surface area contributed by atoms with Crippen LogP contribution in [-0.2, 0) is 0 Å². The van der Waals surface area contributed by atoms with Gasteiger partial charge in [0.05, 0.1) is 12.7 Å². The summed E-state index contributed by atoms with van der Waals surface area (Å²) in [5, 5.41) is 0. The first-order valence-corrected chi connectivity index (χ1v) is 11.4. The number of halogens is 1. The Morgan fingerprint density at radius 3 is 2.39 bits per heavy atom. The summed E-state index contributed by atoms with van der Waals surface area (Å²) in [6.45, 7) is 2.10. The fourth-order valence-electron chi connectivity index (χ4n) is 5.45. The zero-order valence-corrected chi connectivity index (χ0v) is 18.4. The van der Waals surface area contributed by atoms with Crippen molar-refractivity contribution in [3.8, 4) is 11.5 Å². The number of rotatable bonds is 5. The largest absolute Gasteiger partial charge is 0.497 e. The maximum absolute atomic E-state index is 15.0. The highest BCUT2D eigenvalue weighted by Crippen LogP contribution is 2.48. The molecule has 3 nitrogen and oxygen atoms in total.